The van der Waals surface area contributed by atoms with Crippen molar-refractivity contribution in [3.63, 3.8) is 0 Å². The van der Waals surface area contributed by atoms with Gasteiger partial charge in [0.1, 0.15) is 12.0 Å². The normalized spacial score (nSPS) is 11.6. The molecule has 2 N–H and O–H groups in total. The molecule has 3 aromatic rings. The third kappa shape index (κ3) is 3.68. The fourth-order valence-electron chi connectivity index (χ4n) is 2.56. The fraction of sp³-hybridized carbons (Fsp3) is 0.105. The summed E-state index contributed by atoms with van der Waals surface area (Å²) in [7, 11) is 1.51. The molecule has 1 heterocycles. The van der Waals surface area contributed by atoms with Gasteiger partial charge < -0.3 is 9.72 Å². The van der Waals surface area contributed by atoms with Crippen LogP contribution in [-0.2, 0) is 4.84 Å². The first-order valence-electron chi connectivity index (χ1n) is 7.63. The number of halogens is 1. The number of H-pyrrole nitrogens is 1. The number of hydrogen-bond donors (Lipinski definition) is 2. The van der Waals surface area contributed by atoms with Crippen molar-refractivity contribution in [1.82, 2.24) is 10.5 Å². The second-order valence-corrected chi connectivity index (χ2v) is 5.88. The van der Waals surface area contributed by atoms with E-state index in [9.17, 15) is 4.79 Å². The molecule has 2 aromatic carbocycles. The van der Waals surface area contributed by atoms with Crippen LogP contribution in [0.2, 0.25) is 5.02 Å². The van der Waals surface area contributed by atoms with E-state index in [1.165, 1.54) is 13.4 Å². The third-order valence-corrected chi connectivity index (χ3v) is 3.84. The van der Waals surface area contributed by atoms with Crippen LogP contribution in [0.5, 0.6) is 5.75 Å². The van der Waals surface area contributed by atoms with Crippen molar-refractivity contribution in [1.29, 1.82) is 0 Å². The molecule has 0 atom stereocenters. The first kappa shape index (κ1) is 17.1. The molecule has 0 aliphatic carbocycles. The summed E-state index contributed by atoms with van der Waals surface area (Å²) in [6.07, 6.45) is 1.50. The first-order valence-corrected chi connectivity index (χ1v) is 8.01. The number of fused-ring (bicyclic) bond motifs is 1. The van der Waals surface area contributed by atoms with Crippen LogP contribution in [0.4, 0.5) is 0 Å². The second-order valence-electron chi connectivity index (χ2n) is 5.44. The maximum absolute atomic E-state index is 12.7. The molecular weight excluding hydrogens is 340 g/mol. The summed E-state index contributed by atoms with van der Waals surface area (Å²) in [6, 6.07) is 14.6. The highest BCUT2D eigenvalue weighted by Crippen LogP contribution is 2.34. The Labute approximate surface area is 149 Å². The van der Waals surface area contributed by atoms with Gasteiger partial charge >= 0.3 is 0 Å². The average Bonchev–Trinajstić information content (AvgIpc) is 2.60. The van der Waals surface area contributed by atoms with Gasteiger partial charge in [0, 0.05) is 10.4 Å². The zero-order chi connectivity index (χ0) is 17.8. The van der Waals surface area contributed by atoms with E-state index in [4.69, 9.17) is 21.2 Å². The Morgan fingerprint density at radius 3 is 2.68 bits per heavy atom. The number of hydroxylamine groups is 1. The zero-order valence-electron chi connectivity index (χ0n) is 13.8. The van der Waals surface area contributed by atoms with Gasteiger partial charge in [0.05, 0.1) is 23.9 Å². The van der Waals surface area contributed by atoms with Gasteiger partial charge in [-0.25, -0.2) is 0 Å². The molecule has 5 nitrogen and oxygen atoms in total. The van der Waals surface area contributed by atoms with Crippen LogP contribution < -0.4 is 15.8 Å². The molecular formula is C19H17ClN2O3. The zero-order valence-corrected chi connectivity index (χ0v) is 14.6. The summed E-state index contributed by atoms with van der Waals surface area (Å²) in [5, 5.41) is 1.29. The van der Waals surface area contributed by atoms with Crippen molar-refractivity contribution in [2.75, 3.05) is 7.11 Å². The van der Waals surface area contributed by atoms with Gasteiger partial charge in [0.25, 0.3) is 5.56 Å². The fourth-order valence-corrected chi connectivity index (χ4v) is 2.73. The minimum atomic E-state index is -0.248. The summed E-state index contributed by atoms with van der Waals surface area (Å²) in [5.74, 6) is 0.457. The van der Waals surface area contributed by atoms with Crippen LogP contribution in [0, 0.1) is 0 Å². The Morgan fingerprint density at radius 2 is 1.96 bits per heavy atom. The minimum absolute atomic E-state index is 0.248. The number of aromatic nitrogens is 1. The molecule has 0 fully saturated rings. The standard InChI is InChI=1S/C19H17ClN2O3/c1-12(22-24-2)11-25-18-15-9-8-14(20)10-16(15)21-19(23)17(18)13-6-4-3-5-7-13/h3-11,22H,1-2H3,(H,21,23). The molecule has 3 rings (SSSR count). The molecule has 0 saturated carbocycles. The van der Waals surface area contributed by atoms with Crippen molar-refractivity contribution in [2.45, 2.75) is 6.92 Å². The summed E-state index contributed by atoms with van der Waals surface area (Å²) in [4.78, 5) is 20.4. The van der Waals surface area contributed by atoms with Crippen molar-refractivity contribution in [3.8, 4) is 16.9 Å². The highest BCUT2D eigenvalue weighted by atomic mass is 35.5. The Kier molecular flexibility index (Phi) is 5.07. The maximum Gasteiger partial charge on any atom is 0.260 e. The Balaban J connectivity index is 2.25. The number of nitrogens with one attached hydrogen (secondary N) is 2. The molecule has 0 amide bonds. The van der Waals surface area contributed by atoms with Gasteiger partial charge in [-0.05, 0) is 30.7 Å². The van der Waals surface area contributed by atoms with Gasteiger partial charge in [0.2, 0.25) is 0 Å². The van der Waals surface area contributed by atoms with E-state index in [0.29, 0.717) is 27.5 Å². The number of pyridine rings is 1. The van der Waals surface area contributed by atoms with Gasteiger partial charge in [-0.1, -0.05) is 41.9 Å². The van der Waals surface area contributed by atoms with E-state index in [0.717, 1.165) is 10.9 Å². The van der Waals surface area contributed by atoms with Crippen molar-refractivity contribution >= 4 is 22.5 Å². The van der Waals surface area contributed by atoms with Crippen LogP contribution >= 0.6 is 11.6 Å². The minimum Gasteiger partial charge on any atom is -0.462 e. The van der Waals surface area contributed by atoms with E-state index in [-0.39, 0.29) is 5.56 Å². The highest BCUT2D eigenvalue weighted by molar-refractivity contribution is 6.31. The molecule has 0 spiro atoms. The molecule has 0 unspecified atom stereocenters. The third-order valence-electron chi connectivity index (χ3n) is 3.61. The van der Waals surface area contributed by atoms with E-state index in [1.807, 2.05) is 36.4 Å². The first-order chi connectivity index (χ1) is 12.1. The molecule has 1 aromatic heterocycles. The van der Waals surface area contributed by atoms with Crippen LogP contribution in [0.15, 0.2) is 65.3 Å². The number of benzene rings is 2. The number of allylic oxidation sites excluding steroid dienone is 1. The topological polar surface area (TPSA) is 63.4 Å². The van der Waals surface area contributed by atoms with Crippen LogP contribution in [0.3, 0.4) is 0 Å². The molecule has 25 heavy (non-hydrogen) atoms. The van der Waals surface area contributed by atoms with E-state index < -0.39 is 0 Å². The largest absolute Gasteiger partial charge is 0.462 e. The second kappa shape index (κ2) is 7.42. The quantitative estimate of drug-likeness (QED) is 0.530. The SMILES string of the molecule is CONC(C)=COc1c(-c2ccccc2)c(=O)[nH]c2cc(Cl)ccc12. The lowest BCUT2D eigenvalue weighted by molar-refractivity contribution is 0.116. The average molecular weight is 357 g/mol. The highest BCUT2D eigenvalue weighted by Gasteiger charge is 2.16. The van der Waals surface area contributed by atoms with Crippen molar-refractivity contribution < 1.29 is 9.57 Å². The summed E-state index contributed by atoms with van der Waals surface area (Å²) in [5.41, 5.74) is 4.91. The molecule has 0 radical (unpaired) electrons. The van der Waals surface area contributed by atoms with Crippen molar-refractivity contribution in [2.24, 2.45) is 0 Å². The van der Waals surface area contributed by atoms with E-state index >= 15 is 0 Å². The summed E-state index contributed by atoms with van der Waals surface area (Å²) in [6.45, 7) is 1.79. The predicted molar refractivity (Wildman–Crippen MR) is 99.5 cm³/mol. The Bertz CT molecular complexity index is 981. The molecule has 0 bridgehead atoms. The lowest BCUT2D eigenvalue weighted by atomic mass is 10.0. The molecule has 128 valence electrons. The Morgan fingerprint density at radius 1 is 1.20 bits per heavy atom. The number of hydrogen-bond acceptors (Lipinski definition) is 4. The number of rotatable bonds is 5. The molecule has 0 aliphatic rings. The van der Waals surface area contributed by atoms with Gasteiger partial charge in [-0.2, -0.15) is 0 Å². The summed E-state index contributed by atoms with van der Waals surface area (Å²) >= 11 is 6.05. The number of ether oxygens (including phenoxy) is 1. The lowest BCUT2D eigenvalue weighted by Crippen LogP contribution is -2.12. The van der Waals surface area contributed by atoms with Gasteiger partial charge in [0.15, 0.2) is 0 Å². The van der Waals surface area contributed by atoms with Crippen LogP contribution in [0.1, 0.15) is 6.92 Å². The summed E-state index contributed by atoms with van der Waals surface area (Å²) < 4.78 is 5.87. The van der Waals surface area contributed by atoms with Crippen molar-refractivity contribution in [3.05, 3.63) is 75.9 Å². The van der Waals surface area contributed by atoms with Gasteiger partial charge in [-0.15, -0.1) is 0 Å². The van der Waals surface area contributed by atoms with Crippen LogP contribution in [0.25, 0.3) is 22.0 Å². The molecule has 6 heteroatoms. The van der Waals surface area contributed by atoms with Gasteiger partial charge in [-0.3, -0.25) is 15.1 Å². The number of aromatic amines is 1. The smallest absolute Gasteiger partial charge is 0.260 e. The Hall–Kier alpha value is -2.76. The van der Waals surface area contributed by atoms with E-state index in [2.05, 4.69) is 10.5 Å². The lowest BCUT2D eigenvalue weighted by Gasteiger charge is -2.13. The van der Waals surface area contributed by atoms with Crippen LogP contribution in [-0.4, -0.2) is 12.1 Å². The molecule has 0 aliphatic heterocycles. The van der Waals surface area contributed by atoms with E-state index in [1.54, 1.807) is 19.1 Å². The maximum atomic E-state index is 12.7. The molecule has 0 saturated heterocycles. The predicted octanol–water partition coefficient (Wildman–Crippen LogP) is 4.24. The monoisotopic (exact) mass is 356 g/mol.